The molecule has 0 unspecified atom stereocenters. The number of carbonyl (C=O) groups excluding carboxylic acids is 4. The van der Waals surface area contributed by atoms with E-state index in [0.717, 1.165) is 49.9 Å². The summed E-state index contributed by atoms with van der Waals surface area (Å²) in [6, 6.07) is 6.83. The van der Waals surface area contributed by atoms with Crippen LogP contribution >= 0.6 is 0 Å². The first kappa shape index (κ1) is 32.4. The van der Waals surface area contributed by atoms with Crippen LogP contribution in [0.3, 0.4) is 0 Å². The molecule has 10 nitrogen and oxygen atoms in total. The van der Waals surface area contributed by atoms with Crippen molar-refractivity contribution in [2.45, 2.75) is 84.7 Å². The average Bonchev–Trinajstić information content (AvgIpc) is 3.50. The van der Waals surface area contributed by atoms with Gasteiger partial charge in [-0.3, -0.25) is 23.9 Å². The number of carbonyl (C=O) groups is 4. The number of anilines is 1. The van der Waals surface area contributed by atoms with Crippen LogP contribution in [0.25, 0.3) is 0 Å². The van der Waals surface area contributed by atoms with E-state index < -0.39 is 12.0 Å². The summed E-state index contributed by atoms with van der Waals surface area (Å²) in [5, 5.41) is 10.3. The van der Waals surface area contributed by atoms with Crippen LogP contribution in [0.1, 0.15) is 80.4 Å². The van der Waals surface area contributed by atoms with Gasteiger partial charge in [-0.05, 0) is 62.9 Å². The van der Waals surface area contributed by atoms with E-state index in [2.05, 4.69) is 20.6 Å². The minimum absolute atomic E-state index is 0.0534. The highest BCUT2D eigenvalue weighted by atomic mass is 16.2. The smallest absolute Gasteiger partial charge is 0.245 e. The van der Waals surface area contributed by atoms with Gasteiger partial charge in [-0.2, -0.15) is 5.10 Å². The number of hydrogen-bond donors (Lipinski definition) is 2. The van der Waals surface area contributed by atoms with E-state index in [4.69, 9.17) is 0 Å². The SMILES string of the molecule is CCC(=O)N[C@H](Cc1ccc(NC(=O)[C@@H](CC(=O)c2ccnn2CC)C2CCCCC2)c(C)c1)C(=O)N1CCN(C)CC1. The first-order valence-electron chi connectivity index (χ1n) is 15.9. The van der Waals surface area contributed by atoms with Gasteiger partial charge in [-0.1, -0.05) is 38.3 Å². The van der Waals surface area contributed by atoms with Gasteiger partial charge in [0.05, 0.1) is 0 Å². The molecule has 2 aliphatic rings. The number of piperazine rings is 1. The minimum Gasteiger partial charge on any atom is -0.344 e. The van der Waals surface area contributed by atoms with Gasteiger partial charge in [0.2, 0.25) is 17.7 Å². The summed E-state index contributed by atoms with van der Waals surface area (Å²) in [7, 11) is 2.04. The Bertz CT molecular complexity index is 1280. The number of aromatic nitrogens is 2. The lowest BCUT2D eigenvalue weighted by Gasteiger charge is -2.35. The molecule has 0 bridgehead atoms. The molecule has 2 heterocycles. The molecule has 1 saturated heterocycles. The lowest BCUT2D eigenvalue weighted by molar-refractivity contribution is -0.137. The quantitative estimate of drug-likeness (QED) is 0.362. The predicted octanol–water partition coefficient (Wildman–Crippen LogP) is 3.83. The molecule has 1 aromatic carbocycles. The number of nitrogens with one attached hydrogen (secondary N) is 2. The van der Waals surface area contributed by atoms with Crippen molar-refractivity contribution < 1.29 is 19.2 Å². The van der Waals surface area contributed by atoms with Gasteiger partial charge in [0.15, 0.2) is 5.78 Å². The Morgan fingerprint density at radius 3 is 2.37 bits per heavy atom. The Morgan fingerprint density at radius 1 is 1.00 bits per heavy atom. The van der Waals surface area contributed by atoms with Crippen molar-refractivity contribution in [3.63, 3.8) is 0 Å². The molecule has 2 N–H and O–H groups in total. The maximum Gasteiger partial charge on any atom is 0.245 e. The largest absolute Gasteiger partial charge is 0.344 e. The first-order valence-corrected chi connectivity index (χ1v) is 15.9. The Kier molecular flexibility index (Phi) is 11.5. The van der Waals surface area contributed by atoms with Crippen LogP contribution in [0.15, 0.2) is 30.5 Å². The fraction of sp³-hybridized carbons (Fsp3) is 0.606. The number of amides is 3. The van der Waals surface area contributed by atoms with E-state index in [1.807, 2.05) is 44.0 Å². The number of likely N-dealkylation sites (N-methyl/N-ethyl adjacent to an activating group) is 1. The summed E-state index contributed by atoms with van der Waals surface area (Å²) < 4.78 is 1.69. The van der Waals surface area contributed by atoms with Crippen LogP contribution in [0.4, 0.5) is 5.69 Å². The fourth-order valence-electron chi connectivity index (χ4n) is 6.33. The van der Waals surface area contributed by atoms with Crippen LogP contribution < -0.4 is 10.6 Å². The second-order valence-corrected chi connectivity index (χ2v) is 12.1. The van der Waals surface area contributed by atoms with Crippen molar-refractivity contribution in [2.24, 2.45) is 11.8 Å². The summed E-state index contributed by atoms with van der Waals surface area (Å²) in [5.41, 5.74) is 3.02. The zero-order chi connectivity index (χ0) is 30.9. The van der Waals surface area contributed by atoms with E-state index in [9.17, 15) is 19.2 Å². The van der Waals surface area contributed by atoms with Crippen LogP contribution in [-0.2, 0) is 27.3 Å². The molecule has 1 aromatic heterocycles. The normalized spacial score (nSPS) is 17.7. The highest BCUT2D eigenvalue weighted by Gasteiger charge is 2.33. The van der Waals surface area contributed by atoms with E-state index in [0.29, 0.717) is 43.9 Å². The lowest BCUT2D eigenvalue weighted by Crippen LogP contribution is -2.54. The maximum absolute atomic E-state index is 13.7. The monoisotopic (exact) mass is 592 g/mol. The molecule has 2 atom stereocenters. The van der Waals surface area contributed by atoms with Crippen LogP contribution in [0.5, 0.6) is 0 Å². The molecular formula is C33H48N6O4. The molecular weight excluding hydrogens is 544 g/mol. The standard InChI is InChI=1S/C33H48N6O4/c1-5-31(41)35-28(33(43)38-18-16-37(4)17-19-38)21-24-12-13-27(23(3)20-24)36-32(42)26(25-10-8-7-9-11-25)22-30(40)29-14-15-34-39(29)6-2/h12-15,20,25-26,28H,5-11,16-19,21-22H2,1-4H3,(H,35,41)(H,36,42)/t26-,28+/m0/s1. The number of nitrogens with zero attached hydrogens (tertiary/aromatic N) is 4. The van der Waals surface area contributed by atoms with Crippen molar-refractivity contribution in [1.82, 2.24) is 24.9 Å². The number of aryl methyl sites for hydroxylation is 2. The third kappa shape index (κ3) is 8.53. The lowest BCUT2D eigenvalue weighted by atomic mass is 9.77. The first-order chi connectivity index (χ1) is 20.7. The molecule has 2 aromatic rings. The molecule has 10 heteroatoms. The molecule has 4 rings (SSSR count). The average molecular weight is 593 g/mol. The van der Waals surface area contributed by atoms with Crippen molar-refractivity contribution in [3.05, 3.63) is 47.3 Å². The Labute approximate surface area is 255 Å². The number of ketones is 1. The van der Waals surface area contributed by atoms with Gasteiger partial charge in [0.25, 0.3) is 0 Å². The Hall–Kier alpha value is -3.53. The van der Waals surface area contributed by atoms with Crippen LogP contribution in [0.2, 0.25) is 0 Å². The summed E-state index contributed by atoms with van der Waals surface area (Å²) in [5.74, 6) is -0.646. The third-order valence-corrected chi connectivity index (χ3v) is 9.02. The summed E-state index contributed by atoms with van der Waals surface area (Å²) in [4.78, 5) is 56.8. The third-order valence-electron chi connectivity index (χ3n) is 9.02. The van der Waals surface area contributed by atoms with Crippen molar-refractivity contribution >= 4 is 29.2 Å². The molecule has 0 spiro atoms. The predicted molar refractivity (Wildman–Crippen MR) is 167 cm³/mol. The molecule has 1 aliphatic carbocycles. The molecule has 1 saturated carbocycles. The second kappa shape index (κ2) is 15.3. The number of Topliss-reactive ketones (excluding diaryl/α,β-unsaturated/α-hetero) is 1. The van der Waals surface area contributed by atoms with E-state index in [1.165, 1.54) is 6.42 Å². The Morgan fingerprint density at radius 2 is 1.72 bits per heavy atom. The summed E-state index contributed by atoms with van der Waals surface area (Å²) in [6.45, 7) is 9.16. The highest BCUT2D eigenvalue weighted by molar-refractivity contribution is 6.00. The van der Waals surface area contributed by atoms with Crippen molar-refractivity contribution in [1.29, 1.82) is 0 Å². The van der Waals surface area contributed by atoms with Gasteiger partial charge < -0.3 is 20.4 Å². The number of benzene rings is 1. The van der Waals surface area contributed by atoms with Gasteiger partial charge in [-0.25, -0.2) is 0 Å². The zero-order valence-electron chi connectivity index (χ0n) is 26.2. The van der Waals surface area contributed by atoms with E-state index in [1.54, 1.807) is 23.9 Å². The van der Waals surface area contributed by atoms with Gasteiger partial charge in [0, 0.05) is 69.8 Å². The number of hydrogen-bond acceptors (Lipinski definition) is 6. The van der Waals surface area contributed by atoms with E-state index >= 15 is 0 Å². The van der Waals surface area contributed by atoms with Gasteiger partial charge in [0.1, 0.15) is 11.7 Å². The molecule has 1 aliphatic heterocycles. The number of rotatable bonds is 12. The molecule has 2 fully saturated rings. The molecule has 43 heavy (non-hydrogen) atoms. The van der Waals surface area contributed by atoms with Crippen LogP contribution in [-0.4, -0.2) is 82.4 Å². The van der Waals surface area contributed by atoms with Gasteiger partial charge in [-0.15, -0.1) is 0 Å². The maximum atomic E-state index is 13.7. The topological polar surface area (TPSA) is 117 Å². The van der Waals surface area contributed by atoms with Crippen LogP contribution in [0, 0.1) is 18.8 Å². The highest BCUT2D eigenvalue weighted by Crippen LogP contribution is 2.34. The second-order valence-electron chi connectivity index (χ2n) is 12.1. The minimum atomic E-state index is -0.644. The van der Waals surface area contributed by atoms with Gasteiger partial charge >= 0.3 is 0 Å². The molecule has 3 amide bonds. The van der Waals surface area contributed by atoms with Crippen molar-refractivity contribution in [3.8, 4) is 0 Å². The Balaban J connectivity index is 1.47. The van der Waals surface area contributed by atoms with E-state index in [-0.39, 0.29) is 35.8 Å². The van der Waals surface area contributed by atoms with Crippen molar-refractivity contribution in [2.75, 3.05) is 38.5 Å². The summed E-state index contributed by atoms with van der Waals surface area (Å²) in [6.07, 6.45) is 7.68. The zero-order valence-corrected chi connectivity index (χ0v) is 26.2. The molecule has 234 valence electrons. The molecule has 0 radical (unpaired) electrons. The summed E-state index contributed by atoms with van der Waals surface area (Å²) >= 11 is 0. The fourth-order valence-corrected chi connectivity index (χ4v) is 6.33.